The Balaban J connectivity index is 2.59. The van der Waals surface area contributed by atoms with Crippen LogP contribution < -0.4 is 5.32 Å². The van der Waals surface area contributed by atoms with Crippen molar-refractivity contribution in [3.8, 4) is 0 Å². The Hall–Kier alpha value is -1.26. The van der Waals surface area contributed by atoms with Crippen LogP contribution in [0.25, 0.3) is 0 Å². The topological polar surface area (TPSA) is 58.6 Å². The van der Waals surface area contributed by atoms with E-state index in [1.807, 2.05) is 0 Å². The highest BCUT2D eigenvalue weighted by atomic mass is 16.5. The molecule has 62 valence electrons. The quantitative estimate of drug-likeness (QED) is 0.552. The van der Waals surface area contributed by atoms with Gasteiger partial charge in [0.15, 0.2) is 6.23 Å². The van der Waals surface area contributed by atoms with Crippen molar-refractivity contribution in [1.82, 2.24) is 10.2 Å². The average molecular weight is 158 g/mol. The van der Waals surface area contributed by atoms with Crippen LogP contribution in [0.2, 0.25) is 0 Å². The molecule has 11 heavy (non-hydrogen) atoms. The molecular weight excluding hydrogens is 148 g/mol. The van der Waals surface area contributed by atoms with E-state index >= 15 is 0 Å². The third-order valence-electron chi connectivity index (χ3n) is 1.84. The van der Waals surface area contributed by atoms with Crippen molar-refractivity contribution in [2.75, 3.05) is 7.05 Å². The lowest BCUT2D eigenvalue weighted by Gasteiger charge is -2.15. The maximum atomic E-state index is 10.9. The van der Waals surface area contributed by atoms with Gasteiger partial charge in [0.2, 0.25) is 0 Å². The van der Waals surface area contributed by atoms with Crippen LogP contribution in [-0.2, 0) is 9.53 Å². The molecule has 2 unspecified atom stereocenters. The smallest absolute Gasteiger partial charge is 0.320 e. The number of likely N-dealkylation sites (N-methyl/N-ethyl adjacent to an activating group) is 1. The van der Waals surface area contributed by atoms with Crippen LogP contribution in [0.5, 0.6) is 0 Å². The third-order valence-corrected chi connectivity index (χ3v) is 1.84. The van der Waals surface area contributed by atoms with E-state index in [0.29, 0.717) is 6.47 Å². The second-order valence-corrected chi connectivity index (χ2v) is 2.45. The highest BCUT2D eigenvalue weighted by Gasteiger charge is 2.34. The fourth-order valence-electron chi connectivity index (χ4n) is 0.940. The SMILES string of the molecule is CC1C(OC=O)NC(=O)N1C. The highest BCUT2D eigenvalue weighted by Crippen LogP contribution is 2.10. The Kier molecular flexibility index (Phi) is 1.98. The number of nitrogens with one attached hydrogen (secondary N) is 1. The van der Waals surface area contributed by atoms with Gasteiger partial charge in [-0.2, -0.15) is 0 Å². The van der Waals surface area contributed by atoms with E-state index in [1.54, 1.807) is 14.0 Å². The van der Waals surface area contributed by atoms with Gasteiger partial charge in [0.05, 0.1) is 6.04 Å². The summed E-state index contributed by atoms with van der Waals surface area (Å²) >= 11 is 0. The van der Waals surface area contributed by atoms with Gasteiger partial charge < -0.3 is 15.0 Å². The van der Waals surface area contributed by atoms with Crippen LogP contribution in [-0.4, -0.2) is 36.7 Å². The fraction of sp³-hybridized carbons (Fsp3) is 0.667. The molecule has 2 atom stereocenters. The van der Waals surface area contributed by atoms with Crippen LogP contribution >= 0.6 is 0 Å². The van der Waals surface area contributed by atoms with E-state index in [1.165, 1.54) is 4.90 Å². The minimum absolute atomic E-state index is 0.104. The van der Waals surface area contributed by atoms with E-state index in [2.05, 4.69) is 10.1 Å². The molecule has 0 aromatic rings. The van der Waals surface area contributed by atoms with Gasteiger partial charge in [-0.25, -0.2) is 4.79 Å². The Bertz CT molecular complexity index is 183. The zero-order valence-electron chi connectivity index (χ0n) is 6.40. The zero-order valence-corrected chi connectivity index (χ0v) is 6.40. The lowest BCUT2D eigenvalue weighted by Crippen LogP contribution is -2.33. The first-order valence-electron chi connectivity index (χ1n) is 3.29. The minimum Gasteiger partial charge on any atom is -0.442 e. The van der Waals surface area contributed by atoms with Crippen molar-refractivity contribution in [2.24, 2.45) is 0 Å². The number of ether oxygens (including phenoxy) is 1. The van der Waals surface area contributed by atoms with E-state index in [9.17, 15) is 9.59 Å². The number of nitrogens with zero attached hydrogens (tertiary/aromatic N) is 1. The normalized spacial score (nSPS) is 30.0. The minimum atomic E-state index is -0.509. The van der Waals surface area contributed by atoms with Crippen LogP contribution in [0.15, 0.2) is 0 Å². The molecule has 0 bridgehead atoms. The summed E-state index contributed by atoms with van der Waals surface area (Å²) in [6.45, 7) is 2.13. The summed E-state index contributed by atoms with van der Waals surface area (Å²) in [4.78, 5) is 22.3. The molecule has 1 fully saturated rings. The maximum absolute atomic E-state index is 10.9. The number of rotatable bonds is 2. The number of carbonyl (C=O) groups is 2. The van der Waals surface area contributed by atoms with Gasteiger partial charge in [0, 0.05) is 7.05 Å². The highest BCUT2D eigenvalue weighted by molar-refractivity contribution is 5.77. The van der Waals surface area contributed by atoms with E-state index < -0.39 is 6.23 Å². The van der Waals surface area contributed by atoms with Crippen LogP contribution in [0.1, 0.15) is 6.92 Å². The second kappa shape index (κ2) is 2.77. The van der Waals surface area contributed by atoms with Crippen molar-refractivity contribution >= 4 is 12.5 Å². The molecular formula is C6H10N2O3. The van der Waals surface area contributed by atoms with Crippen molar-refractivity contribution in [1.29, 1.82) is 0 Å². The molecule has 1 aliphatic heterocycles. The summed E-state index contributed by atoms with van der Waals surface area (Å²) in [6, 6.07) is -0.322. The standard InChI is InChI=1S/C6H10N2O3/c1-4-5(11-3-9)7-6(10)8(4)2/h3-5H,1-2H3,(H,7,10). The third kappa shape index (κ3) is 1.26. The Morgan fingerprint density at radius 3 is 2.73 bits per heavy atom. The summed E-state index contributed by atoms with van der Waals surface area (Å²) in [6.07, 6.45) is -0.509. The van der Waals surface area contributed by atoms with E-state index in [4.69, 9.17) is 0 Å². The summed E-state index contributed by atoms with van der Waals surface area (Å²) in [7, 11) is 1.65. The lowest BCUT2D eigenvalue weighted by atomic mass is 10.3. The second-order valence-electron chi connectivity index (χ2n) is 2.45. The monoisotopic (exact) mass is 158 g/mol. The summed E-state index contributed by atoms with van der Waals surface area (Å²) < 4.78 is 4.60. The molecule has 1 aliphatic rings. The lowest BCUT2D eigenvalue weighted by molar-refractivity contribution is -0.135. The molecule has 0 aromatic carbocycles. The van der Waals surface area contributed by atoms with E-state index in [-0.39, 0.29) is 12.1 Å². The molecule has 1 saturated heterocycles. The summed E-state index contributed by atoms with van der Waals surface area (Å²) in [5.74, 6) is 0. The molecule has 0 saturated carbocycles. The van der Waals surface area contributed by atoms with Crippen LogP contribution in [0.4, 0.5) is 4.79 Å². The van der Waals surface area contributed by atoms with Crippen molar-refractivity contribution in [3.63, 3.8) is 0 Å². The van der Waals surface area contributed by atoms with Crippen molar-refractivity contribution in [2.45, 2.75) is 19.2 Å². The molecule has 1 heterocycles. The van der Waals surface area contributed by atoms with Gasteiger partial charge in [-0.15, -0.1) is 0 Å². The molecule has 1 N–H and O–H groups in total. The van der Waals surface area contributed by atoms with Crippen molar-refractivity contribution < 1.29 is 14.3 Å². The van der Waals surface area contributed by atoms with Crippen molar-refractivity contribution in [3.05, 3.63) is 0 Å². The van der Waals surface area contributed by atoms with Crippen LogP contribution in [0, 0.1) is 0 Å². The maximum Gasteiger partial charge on any atom is 0.320 e. The average Bonchev–Trinajstić information content (AvgIpc) is 2.19. The summed E-state index contributed by atoms with van der Waals surface area (Å²) in [5, 5.41) is 2.49. The van der Waals surface area contributed by atoms with Gasteiger partial charge in [0.1, 0.15) is 0 Å². The fourth-order valence-corrected chi connectivity index (χ4v) is 0.940. The predicted molar refractivity (Wildman–Crippen MR) is 36.7 cm³/mol. The molecule has 0 aromatic heterocycles. The Morgan fingerprint density at radius 2 is 2.36 bits per heavy atom. The van der Waals surface area contributed by atoms with Gasteiger partial charge in [-0.1, -0.05) is 0 Å². The number of hydrogen-bond acceptors (Lipinski definition) is 3. The number of hydrogen-bond donors (Lipinski definition) is 1. The predicted octanol–water partition coefficient (Wildman–Crippen LogP) is -0.471. The Labute approximate surface area is 64.3 Å². The first-order chi connectivity index (χ1) is 5.16. The van der Waals surface area contributed by atoms with Gasteiger partial charge in [0.25, 0.3) is 6.47 Å². The summed E-state index contributed by atoms with van der Waals surface area (Å²) in [5.41, 5.74) is 0. The molecule has 0 radical (unpaired) electrons. The van der Waals surface area contributed by atoms with Gasteiger partial charge in [-0.05, 0) is 6.92 Å². The largest absolute Gasteiger partial charge is 0.442 e. The number of urea groups is 1. The molecule has 0 spiro atoms. The van der Waals surface area contributed by atoms with Gasteiger partial charge in [-0.3, -0.25) is 4.79 Å². The number of carbonyl (C=O) groups excluding carboxylic acids is 2. The number of amides is 2. The Morgan fingerprint density at radius 1 is 1.73 bits per heavy atom. The van der Waals surface area contributed by atoms with Gasteiger partial charge >= 0.3 is 6.03 Å². The van der Waals surface area contributed by atoms with E-state index in [0.717, 1.165) is 0 Å². The van der Waals surface area contributed by atoms with Crippen LogP contribution in [0.3, 0.4) is 0 Å². The molecule has 0 aliphatic carbocycles. The molecule has 2 amide bonds. The molecule has 1 rings (SSSR count). The first kappa shape index (κ1) is 7.84. The molecule has 5 nitrogen and oxygen atoms in total. The zero-order chi connectivity index (χ0) is 8.43. The molecule has 5 heteroatoms. The first-order valence-corrected chi connectivity index (χ1v) is 3.29.